The normalized spacial score (nSPS) is 21.1. The predicted molar refractivity (Wildman–Crippen MR) is 75.6 cm³/mol. The summed E-state index contributed by atoms with van der Waals surface area (Å²) < 4.78 is 0. The van der Waals surface area contributed by atoms with Crippen LogP contribution in [0.1, 0.15) is 18.1 Å². The third-order valence-corrected chi connectivity index (χ3v) is 4.33. The van der Waals surface area contributed by atoms with Gasteiger partial charge in [0.25, 0.3) is 0 Å². The molecule has 1 aliphatic rings. The number of aryl methyl sites for hydroxylation is 1. The van der Waals surface area contributed by atoms with Crippen LogP contribution in [0, 0.1) is 6.92 Å². The smallest absolute Gasteiger partial charge is 0.174 e. The Hall–Kier alpha value is -1.43. The van der Waals surface area contributed by atoms with Crippen molar-refractivity contribution >= 4 is 23.4 Å². The molecule has 0 radical (unpaired) electrons. The first kappa shape index (κ1) is 13.0. The molecule has 0 bridgehead atoms. The van der Waals surface area contributed by atoms with Crippen LogP contribution in [-0.2, 0) is 0 Å². The molecule has 1 aromatic heterocycles. The summed E-state index contributed by atoms with van der Waals surface area (Å²) >= 11 is 1.95. The zero-order valence-corrected chi connectivity index (χ0v) is 11.4. The highest BCUT2D eigenvalue weighted by Gasteiger charge is 2.24. The highest BCUT2D eigenvalue weighted by atomic mass is 32.2. The molecule has 0 aromatic carbocycles. The number of hydrogen-bond donors (Lipinski definition) is 2. The van der Waals surface area contributed by atoms with Crippen molar-refractivity contribution in [3.8, 4) is 0 Å². The molecule has 3 N–H and O–H groups in total. The van der Waals surface area contributed by atoms with E-state index in [1.165, 1.54) is 0 Å². The van der Waals surface area contributed by atoms with E-state index in [0.29, 0.717) is 6.04 Å². The molecular formula is C12H18N4OS. The Kier molecular flexibility index (Phi) is 3.96. The van der Waals surface area contributed by atoms with Crippen LogP contribution < -0.4 is 10.6 Å². The number of rotatable bonds is 2. The van der Waals surface area contributed by atoms with Gasteiger partial charge in [-0.05, 0) is 25.5 Å². The van der Waals surface area contributed by atoms with Crippen LogP contribution in [-0.4, -0.2) is 40.1 Å². The maximum absolute atomic E-state index is 8.91. The fraction of sp³-hybridized carbons (Fsp3) is 0.500. The number of oxime groups is 1. The SMILES string of the molecule is Cc1ccnc(N2CCSCC2C)c1/C(N)=N/O. The topological polar surface area (TPSA) is 74.7 Å². The first-order chi connectivity index (χ1) is 8.65. The second-order valence-corrected chi connectivity index (χ2v) is 5.58. The molecule has 6 heteroatoms. The van der Waals surface area contributed by atoms with Gasteiger partial charge in [0, 0.05) is 30.3 Å². The Morgan fingerprint density at radius 1 is 1.67 bits per heavy atom. The lowest BCUT2D eigenvalue weighted by Gasteiger charge is -2.35. The van der Waals surface area contributed by atoms with Crippen molar-refractivity contribution in [3.63, 3.8) is 0 Å². The number of amidine groups is 1. The average molecular weight is 266 g/mol. The van der Waals surface area contributed by atoms with Gasteiger partial charge in [0.1, 0.15) is 5.82 Å². The van der Waals surface area contributed by atoms with E-state index in [2.05, 4.69) is 22.0 Å². The van der Waals surface area contributed by atoms with E-state index in [1.807, 2.05) is 24.8 Å². The van der Waals surface area contributed by atoms with Gasteiger partial charge in [0.05, 0.1) is 5.56 Å². The van der Waals surface area contributed by atoms with Crippen LogP contribution in [0.15, 0.2) is 17.4 Å². The van der Waals surface area contributed by atoms with Gasteiger partial charge in [-0.2, -0.15) is 11.8 Å². The molecule has 5 nitrogen and oxygen atoms in total. The molecule has 1 fully saturated rings. The third kappa shape index (κ3) is 2.38. The lowest BCUT2D eigenvalue weighted by molar-refractivity contribution is 0.318. The van der Waals surface area contributed by atoms with Gasteiger partial charge in [-0.15, -0.1) is 0 Å². The monoisotopic (exact) mass is 266 g/mol. The van der Waals surface area contributed by atoms with Gasteiger partial charge in [-0.3, -0.25) is 0 Å². The molecule has 0 amide bonds. The number of nitrogens with two attached hydrogens (primary N) is 1. The van der Waals surface area contributed by atoms with Gasteiger partial charge in [-0.1, -0.05) is 5.16 Å². The quantitative estimate of drug-likeness (QED) is 0.366. The number of hydrogen-bond acceptors (Lipinski definition) is 5. The molecular weight excluding hydrogens is 248 g/mol. The van der Waals surface area contributed by atoms with E-state index in [0.717, 1.165) is 35.0 Å². The van der Waals surface area contributed by atoms with Crippen molar-refractivity contribution in [3.05, 3.63) is 23.4 Å². The molecule has 0 saturated carbocycles. The van der Waals surface area contributed by atoms with E-state index >= 15 is 0 Å². The number of thioether (sulfide) groups is 1. The van der Waals surface area contributed by atoms with Crippen LogP contribution in [0.5, 0.6) is 0 Å². The molecule has 1 aromatic rings. The first-order valence-electron chi connectivity index (χ1n) is 5.93. The number of nitrogens with zero attached hydrogens (tertiary/aromatic N) is 3. The summed E-state index contributed by atoms with van der Waals surface area (Å²) in [6.45, 7) is 5.06. The molecule has 1 aliphatic heterocycles. The second-order valence-electron chi connectivity index (χ2n) is 4.43. The van der Waals surface area contributed by atoms with Crippen molar-refractivity contribution in [2.75, 3.05) is 23.0 Å². The molecule has 98 valence electrons. The van der Waals surface area contributed by atoms with Gasteiger partial charge in [-0.25, -0.2) is 4.98 Å². The minimum Gasteiger partial charge on any atom is -0.409 e. The Labute approximate surface area is 111 Å². The summed E-state index contributed by atoms with van der Waals surface area (Å²) in [7, 11) is 0. The molecule has 1 atom stereocenters. The second kappa shape index (κ2) is 5.48. The maximum atomic E-state index is 8.91. The van der Waals surface area contributed by atoms with E-state index in [9.17, 15) is 0 Å². The minimum absolute atomic E-state index is 0.126. The van der Waals surface area contributed by atoms with Gasteiger partial charge in [0.2, 0.25) is 0 Å². The Morgan fingerprint density at radius 2 is 2.44 bits per heavy atom. The largest absolute Gasteiger partial charge is 0.409 e. The summed E-state index contributed by atoms with van der Waals surface area (Å²) in [5.74, 6) is 3.10. The Bertz CT molecular complexity index is 463. The first-order valence-corrected chi connectivity index (χ1v) is 7.08. The van der Waals surface area contributed by atoms with Crippen molar-refractivity contribution in [1.82, 2.24) is 4.98 Å². The van der Waals surface area contributed by atoms with Crippen LogP contribution in [0.4, 0.5) is 5.82 Å². The zero-order valence-electron chi connectivity index (χ0n) is 10.6. The molecule has 2 heterocycles. The zero-order chi connectivity index (χ0) is 13.1. The predicted octanol–water partition coefficient (Wildman–Crippen LogP) is 1.43. The fourth-order valence-corrected chi connectivity index (χ4v) is 3.18. The summed E-state index contributed by atoms with van der Waals surface area (Å²) in [5, 5.41) is 12.0. The molecule has 1 unspecified atom stereocenters. The molecule has 2 rings (SSSR count). The summed E-state index contributed by atoms with van der Waals surface area (Å²) in [6, 6.07) is 2.28. The minimum atomic E-state index is 0.126. The molecule has 18 heavy (non-hydrogen) atoms. The van der Waals surface area contributed by atoms with Crippen molar-refractivity contribution < 1.29 is 5.21 Å². The lowest BCUT2D eigenvalue weighted by Crippen LogP contribution is -2.42. The molecule has 0 aliphatic carbocycles. The fourth-order valence-electron chi connectivity index (χ4n) is 2.17. The van der Waals surface area contributed by atoms with Crippen molar-refractivity contribution in [1.29, 1.82) is 0 Å². The average Bonchev–Trinajstić information content (AvgIpc) is 2.38. The molecule has 0 spiro atoms. The van der Waals surface area contributed by atoms with E-state index < -0.39 is 0 Å². The number of pyridine rings is 1. The van der Waals surface area contributed by atoms with E-state index in [1.54, 1.807) is 6.20 Å². The highest BCUT2D eigenvalue weighted by Crippen LogP contribution is 2.26. The maximum Gasteiger partial charge on any atom is 0.174 e. The van der Waals surface area contributed by atoms with Crippen molar-refractivity contribution in [2.45, 2.75) is 19.9 Å². The summed E-state index contributed by atoms with van der Waals surface area (Å²) in [6.07, 6.45) is 1.77. The van der Waals surface area contributed by atoms with E-state index in [4.69, 9.17) is 10.9 Å². The summed E-state index contributed by atoms with van der Waals surface area (Å²) in [5.41, 5.74) is 7.48. The molecule has 1 saturated heterocycles. The number of aromatic nitrogens is 1. The van der Waals surface area contributed by atoms with Gasteiger partial charge in [0.15, 0.2) is 5.84 Å². The highest BCUT2D eigenvalue weighted by molar-refractivity contribution is 7.99. The van der Waals surface area contributed by atoms with Crippen LogP contribution >= 0.6 is 11.8 Å². The number of anilines is 1. The Balaban J connectivity index is 2.46. The van der Waals surface area contributed by atoms with Crippen LogP contribution in [0.3, 0.4) is 0 Å². The van der Waals surface area contributed by atoms with Crippen LogP contribution in [0.25, 0.3) is 0 Å². The van der Waals surface area contributed by atoms with Crippen LogP contribution in [0.2, 0.25) is 0 Å². The standard InChI is InChI=1S/C12H18N4OS/c1-8-3-4-14-12(10(8)11(13)15-17)16-5-6-18-7-9(16)2/h3-4,9,17H,5-7H2,1-2H3,(H2,13,15). The van der Waals surface area contributed by atoms with Crippen molar-refractivity contribution in [2.24, 2.45) is 10.9 Å². The van der Waals surface area contributed by atoms with Gasteiger partial charge >= 0.3 is 0 Å². The lowest BCUT2D eigenvalue weighted by atomic mass is 10.1. The van der Waals surface area contributed by atoms with Gasteiger partial charge < -0.3 is 15.8 Å². The Morgan fingerprint density at radius 3 is 3.11 bits per heavy atom. The third-order valence-electron chi connectivity index (χ3n) is 3.14. The summed E-state index contributed by atoms with van der Waals surface area (Å²) in [4.78, 5) is 6.66. The van der Waals surface area contributed by atoms with E-state index in [-0.39, 0.29) is 5.84 Å².